The van der Waals surface area contributed by atoms with Gasteiger partial charge in [-0.25, -0.2) is 14.8 Å². The number of piperidine rings is 1. The molecule has 134 valence electrons. The van der Waals surface area contributed by atoms with Crippen molar-refractivity contribution in [3.63, 3.8) is 0 Å². The van der Waals surface area contributed by atoms with E-state index in [4.69, 9.17) is 9.57 Å². The number of carbonyl (C=O) groups is 1. The van der Waals surface area contributed by atoms with Gasteiger partial charge in [-0.15, -0.1) is 0 Å². The lowest BCUT2D eigenvalue weighted by molar-refractivity contribution is -0.0544. The van der Waals surface area contributed by atoms with Crippen molar-refractivity contribution in [2.45, 2.75) is 24.9 Å². The summed E-state index contributed by atoms with van der Waals surface area (Å²) in [7, 11) is 0. The Bertz CT molecular complexity index is 789. The van der Waals surface area contributed by atoms with Gasteiger partial charge in [-0.3, -0.25) is 0 Å². The molecule has 3 heterocycles. The summed E-state index contributed by atoms with van der Waals surface area (Å²) in [6.45, 7) is 1.21. The molecule has 4 rings (SSSR count). The number of ether oxygens (including phenoxy) is 1. The Morgan fingerprint density at radius 1 is 1.15 bits per heavy atom. The first-order chi connectivity index (χ1) is 12.7. The Hall–Kier alpha value is -3.16. The zero-order chi connectivity index (χ0) is 17.8. The van der Waals surface area contributed by atoms with Crippen LogP contribution in [-0.4, -0.2) is 45.5 Å². The van der Waals surface area contributed by atoms with Crippen molar-refractivity contribution in [3.8, 4) is 5.75 Å². The maximum absolute atomic E-state index is 12.4. The lowest BCUT2D eigenvalue weighted by Gasteiger charge is -2.36. The number of likely N-dealkylation sites (tertiary alicyclic amines) is 1. The van der Waals surface area contributed by atoms with Crippen LogP contribution in [0.1, 0.15) is 19.3 Å². The Morgan fingerprint density at radius 2 is 1.88 bits per heavy atom. The second kappa shape index (κ2) is 6.99. The summed E-state index contributed by atoms with van der Waals surface area (Å²) in [5.74, 6) is 1.05. The van der Waals surface area contributed by atoms with E-state index in [1.54, 1.807) is 17.3 Å². The fraction of sp³-hybridized carbons (Fsp3) is 0.333. The number of carbonyl (C=O) groups excluding carboxylic acids is 1. The minimum Gasteiger partial charge on any atom is -0.436 e. The highest BCUT2D eigenvalue weighted by Crippen LogP contribution is 2.35. The Kier molecular flexibility index (Phi) is 4.39. The number of nitrogens with zero attached hydrogens (tertiary/aromatic N) is 4. The molecule has 0 bridgehead atoms. The van der Waals surface area contributed by atoms with Crippen LogP contribution in [0.4, 0.5) is 10.5 Å². The van der Waals surface area contributed by atoms with E-state index in [2.05, 4.69) is 20.4 Å². The first kappa shape index (κ1) is 16.3. The molecular formula is C18H19N5O3. The average Bonchev–Trinajstić information content (AvgIpc) is 3.06. The highest BCUT2D eigenvalue weighted by molar-refractivity contribution is 5.89. The largest absolute Gasteiger partial charge is 0.436 e. The number of oxime groups is 1. The third kappa shape index (κ3) is 3.58. The molecule has 0 unspecified atom stereocenters. The molecule has 1 aromatic carbocycles. The molecule has 1 spiro atoms. The zero-order valence-electron chi connectivity index (χ0n) is 14.2. The number of anilines is 1. The van der Waals surface area contributed by atoms with Crippen molar-refractivity contribution in [2.75, 3.05) is 18.4 Å². The number of hydrogen-bond acceptors (Lipinski definition) is 6. The minimum atomic E-state index is -0.394. The van der Waals surface area contributed by atoms with Gasteiger partial charge in [0.1, 0.15) is 11.9 Å². The SMILES string of the molecule is O=C(Nc1ccccc1)N1CCC2(CC1)CC(Oc1cncnc1)=NO2. The van der Waals surface area contributed by atoms with Gasteiger partial charge in [-0.1, -0.05) is 23.4 Å². The Labute approximate surface area is 150 Å². The third-order valence-electron chi connectivity index (χ3n) is 4.57. The van der Waals surface area contributed by atoms with Crippen molar-refractivity contribution in [1.29, 1.82) is 0 Å². The maximum Gasteiger partial charge on any atom is 0.321 e. The number of para-hydroxylation sites is 1. The quantitative estimate of drug-likeness (QED) is 0.896. The zero-order valence-corrected chi connectivity index (χ0v) is 14.2. The molecule has 0 radical (unpaired) electrons. The molecule has 2 aromatic rings. The van der Waals surface area contributed by atoms with E-state index in [-0.39, 0.29) is 6.03 Å². The summed E-state index contributed by atoms with van der Waals surface area (Å²) in [5.41, 5.74) is 0.396. The standard InChI is InChI=1S/C18H19N5O3/c24-17(21-14-4-2-1-3-5-14)23-8-6-18(7-9-23)10-16(22-26-18)25-15-11-19-13-20-12-15/h1-5,11-13H,6-10H2,(H,21,24). The van der Waals surface area contributed by atoms with Crippen molar-refractivity contribution < 1.29 is 14.4 Å². The van der Waals surface area contributed by atoms with Crippen LogP contribution in [0.2, 0.25) is 0 Å². The third-order valence-corrected chi connectivity index (χ3v) is 4.57. The average molecular weight is 353 g/mol. The molecular weight excluding hydrogens is 334 g/mol. The van der Waals surface area contributed by atoms with E-state index < -0.39 is 5.60 Å². The Morgan fingerprint density at radius 3 is 2.62 bits per heavy atom. The molecule has 0 aliphatic carbocycles. The van der Waals surface area contributed by atoms with Gasteiger partial charge < -0.3 is 19.8 Å². The van der Waals surface area contributed by atoms with Crippen LogP contribution >= 0.6 is 0 Å². The molecule has 2 aliphatic heterocycles. The number of amides is 2. The summed E-state index contributed by atoms with van der Waals surface area (Å²) in [5, 5.41) is 6.98. The highest BCUT2D eigenvalue weighted by atomic mass is 16.7. The molecule has 2 aliphatic rings. The molecule has 2 amide bonds. The van der Waals surface area contributed by atoms with Gasteiger partial charge >= 0.3 is 6.03 Å². The van der Waals surface area contributed by atoms with Crippen molar-refractivity contribution in [1.82, 2.24) is 14.9 Å². The van der Waals surface area contributed by atoms with Crippen LogP contribution in [0.3, 0.4) is 0 Å². The number of hydrogen-bond donors (Lipinski definition) is 1. The molecule has 1 N–H and O–H groups in total. The molecule has 1 fully saturated rings. The van der Waals surface area contributed by atoms with E-state index in [9.17, 15) is 4.79 Å². The summed E-state index contributed by atoms with van der Waals surface area (Å²) in [4.78, 5) is 27.7. The lowest BCUT2D eigenvalue weighted by Crippen LogP contribution is -2.48. The van der Waals surface area contributed by atoms with Gasteiger partial charge in [0.25, 0.3) is 0 Å². The van der Waals surface area contributed by atoms with Crippen LogP contribution in [0.15, 0.2) is 54.2 Å². The second-order valence-electron chi connectivity index (χ2n) is 6.40. The molecule has 0 saturated carbocycles. The van der Waals surface area contributed by atoms with E-state index in [0.29, 0.717) is 44.0 Å². The fourth-order valence-electron chi connectivity index (χ4n) is 3.13. The Balaban J connectivity index is 1.29. The molecule has 26 heavy (non-hydrogen) atoms. The van der Waals surface area contributed by atoms with Gasteiger partial charge in [-0.05, 0) is 12.1 Å². The van der Waals surface area contributed by atoms with Gasteiger partial charge in [0, 0.05) is 31.6 Å². The topological polar surface area (TPSA) is 88.9 Å². The van der Waals surface area contributed by atoms with Crippen LogP contribution in [0.5, 0.6) is 5.75 Å². The first-order valence-corrected chi connectivity index (χ1v) is 8.51. The number of benzene rings is 1. The van der Waals surface area contributed by atoms with Gasteiger partial charge in [0.15, 0.2) is 5.75 Å². The molecule has 8 nitrogen and oxygen atoms in total. The van der Waals surface area contributed by atoms with E-state index in [1.165, 1.54) is 6.33 Å². The fourth-order valence-corrected chi connectivity index (χ4v) is 3.13. The van der Waals surface area contributed by atoms with Crippen LogP contribution in [-0.2, 0) is 4.84 Å². The number of rotatable bonds is 2. The van der Waals surface area contributed by atoms with Crippen molar-refractivity contribution in [3.05, 3.63) is 49.1 Å². The van der Waals surface area contributed by atoms with Crippen molar-refractivity contribution in [2.24, 2.45) is 5.16 Å². The predicted molar refractivity (Wildman–Crippen MR) is 94.8 cm³/mol. The summed E-state index contributed by atoms with van der Waals surface area (Å²) < 4.78 is 5.66. The minimum absolute atomic E-state index is 0.0946. The smallest absolute Gasteiger partial charge is 0.321 e. The van der Waals surface area contributed by atoms with Crippen LogP contribution < -0.4 is 10.1 Å². The maximum atomic E-state index is 12.4. The van der Waals surface area contributed by atoms with Crippen LogP contribution in [0.25, 0.3) is 0 Å². The van der Waals surface area contributed by atoms with E-state index >= 15 is 0 Å². The molecule has 8 heteroatoms. The molecule has 1 aromatic heterocycles. The van der Waals surface area contributed by atoms with E-state index in [1.807, 2.05) is 30.3 Å². The summed E-state index contributed by atoms with van der Waals surface area (Å²) >= 11 is 0. The van der Waals surface area contributed by atoms with Crippen LogP contribution in [0, 0.1) is 0 Å². The number of nitrogens with one attached hydrogen (secondary N) is 1. The highest BCUT2D eigenvalue weighted by Gasteiger charge is 2.44. The molecule has 1 saturated heterocycles. The number of aromatic nitrogens is 2. The number of urea groups is 1. The lowest BCUT2D eigenvalue weighted by atomic mass is 9.88. The first-order valence-electron chi connectivity index (χ1n) is 8.51. The van der Waals surface area contributed by atoms with Crippen molar-refractivity contribution >= 4 is 17.6 Å². The summed E-state index contributed by atoms with van der Waals surface area (Å²) in [6, 6.07) is 9.34. The van der Waals surface area contributed by atoms with Gasteiger partial charge in [0.05, 0.1) is 18.8 Å². The summed E-state index contributed by atoms with van der Waals surface area (Å²) in [6.07, 6.45) is 6.59. The normalized spacial score (nSPS) is 18.2. The van der Waals surface area contributed by atoms with Gasteiger partial charge in [-0.2, -0.15) is 0 Å². The van der Waals surface area contributed by atoms with Gasteiger partial charge in [0.2, 0.25) is 5.90 Å². The van der Waals surface area contributed by atoms with E-state index in [0.717, 1.165) is 5.69 Å². The predicted octanol–water partition coefficient (Wildman–Crippen LogP) is 2.66. The second-order valence-corrected chi connectivity index (χ2v) is 6.40. The monoisotopic (exact) mass is 353 g/mol. The molecule has 0 atom stereocenters.